The monoisotopic (exact) mass is 261 g/mol. The minimum absolute atomic E-state index is 0.0636. The Balaban J connectivity index is 1.67. The van der Waals surface area contributed by atoms with E-state index in [2.05, 4.69) is 17.4 Å². The van der Waals surface area contributed by atoms with E-state index < -0.39 is 0 Å². The highest BCUT2D eigenvalue weighted by Gasteiger charge is 2.36. The molecule has 0 aromatic heterocycles. The van der Waals surface area contributed by atoms with Crippen LogP contribution >= 0.6 is 0 Å². The molecule has 1 aromatic rings. The molecule has 2 aliphatic heterocycles. The zero-order valence-electron chi connectivity index (χ0n) is 10.9. The first-order valence-corrected chi connectivity index (χ1v) is 6.91. The third-order valence-corrected chi connectivity index (χ3v) is 3.87. The highest BCUT2D eigenvalue weighted by Crippen LogP contribution is 2.28. The summed E-state index contributed by atoms with van der Waals surface area (Å²) in [5, 5.41) is 3.26. The van der Waals surface area contributed by atoms with Gasteiger partial charge in [-0.3, -0.25) is 4.79 Å². The van der Waals surface area contributed by atoms with Gasteiger partial charge in [-0.2, -0.15) is 0 Å². The summed E-state index contributed by atoms with van der Waals surface area (Å²) in [6, 6.07) is 9.97. The first kappa shape index (κ1) is 12.6. The Morgan fingerprint density at radius 3 is 2.84 bits per heavy atom. The molecule has 4 nitrogen and oxygen atoms in total. The van der Waals surface area contributed by atoms with Crippen molar-refractivity contribution >= 4 is 5.97 Å². The molecule has 2 fully saturated rings. The number of nitrogens with one attached hydrogen (secondary N) is 1. The average Bonchev–Trinajstić information content (AvgIpc) is 3.10. The first-order valence-electron chi connectivity index (χ1n) is 6.91. The van der Waals surface area contributed by atoms with Crippen molar-refractivity contribution in [3.63, 3.8) is 0 Å². The van der Waals surface area contributed by atoms with Gasteiger partial charge in [-0.15, -0.1) is 0 Å². The van der Waals surface area contributed by atoms with Gasteiger partial charge in [-0.05, 0) is 18.5 Å². The third kappa shape index (κ3) is 2.80. The Morgan fingerprint density at radius 1 is 1.26 bits per heavy atom. The predicted molar refractivity (Wildman–Crippen MR) is 70.9 cm³/mol. The molecule has 19 heavy (non-hydrogen) atoms. The van der Waals surface area contributed by atoms with Gasteiger partial charge in [-0.1, -0.05) is 30.3 Å². The second kappa shape index (κ2) is 5.72. The number of carbonyl (C=O) groups is 1. The molecule has 102 valence electrons. The quantitative estimate of drug-likeness (QED) is 0.837. The lowest BCUT2D eigenvalue weighted by atomic mass is 9.92. The topological polar surface area (TPSA) is 47.6 Å². The lowest BCUT2D eigenvalue weighted by Gasteiger charge is -2.20. The Labute approximate surface area is 113 Å². The van der Waals surface area contributed by atoms with E-state index in [1.165, 1.54) is 5.56 Å². The summed E-state index contributed by atoms with van der Waals surface area (Å²) in [6.45, 7) is 2.09. The van der Waals surface area contributed by atoms with Gasteiger partial charge >= 0.3 is 5.97 Å². The summed E-state index contributed by atoms with van der Waals surface area (Å²) < 4.78 is 10.8. The van der Waals surface area contributed by atoms with Gasteiger partial charge in [0, 0.05) is 12.3 Å². The maximum Gasteiger partial charge on any atom is 0.324 e. The molecule has 3 rings (SSSR count). The van der Waals surface area contributed by atoms with Gasteiger partial charge < -0.3 is 14.8 Å². The van der Waals surface area contributed by atoms with E-state index in [0.717, 1.165) is 19.4 Å². The van der Waals surface area contributed by atoms with Crippen molar-refractivity contribution in [1.29, 1.82) is 0 Å². The molecule has 0 spiro atoms. The van der Waals surface area contributed by atoms with Crippen LogP contribution in [0.4, 0.5) is 0 Å². The third-order valence-electron chi connectivity index (χ3n) is 3.87. The standard InChI is InChI=1S/C15H19NO3/c17-15(19-12-7-9-18-10-12)14-13(6-8-16-14)11-4-2-1-3-5-11/h1-5,12-14,16H,6-10H2/t12-,13+,14?/m0/s1. The summed E-state index contributed by atoms with van der Waals surface area (Å²) >= 11 is 0. The molecule has 2 aliphatic rings. The highest BCUT2D eigenvalue weighted by molar-refractivity contribution is 5.78. The van der Waals surface area contributed by atoms with Crippen LogP contribution in [0.2, 0.25) is 0 Å². The van der Waals surface area contributed by atoms with Crippen LogP contribution in [0.5, 0.6) is 0 Å². The highest BCUT2D eigenvalue weighted by atomic mass is 16.6. The fraction of sp³-hybridized carbons (Fsp3) is 0.533. The fourth-order valence-corrected chi connectivity index (χ4v) is 2.85. The lowest BCUT2D eigenvalue weighted by molar-refractivity contribution is -0.151. The van der Waals surface area contributed by atoms with Crippen LogP contribution in [-0.4, -0.2) is 37.9 Å². The minimum Gasteiger partial charge on any atom is -0.459 e. The van der Waals surface area contributed by atoms with Crippen LogP contribution in [0.15, 0.2) is 30.3 Å². The fourth-order valence-electron chi connectivity index (χ4n) is 2.85. The van der Waals surface area contributed by atoms with Crippen LogP contribution in [0.3, 0.4) is 0 Å². The molecule has 0 radical (unpaired) electrons. The zero-order valence-corrected chi connectivity index (χ0v) is 10.9. The maximum absolute atomic E-state index is 12.2. The molecule has 0 bridgehead atoms. The molecule has 4 heteroatoms. The molecule has 2 heterocycles. The largest absolute Gasteiger partial charge is 0.459 e. The SMILES string of the molecule is O=C(O[C@H]1CCOC1)C1NCC[C@@H]1c1ccccc1. The number of hydrogen-bond donors (Lipinski definition) is 1. The summed E-state index contributed by atoms with van der Waals surface area (Å²) in [4.78, 5) is 12.2. The van der Waals surface area contributed by atoms with Gasteiger partial charge in [0.05, 0.1) is 13.2 Å². The van der Waals surface area contributed by atoms with Crippen molar-refractivity contribution in [2.45, 2.75) is 30.9 Å². The van der Waals surface area contributed by atoms with Gasteiger partial charge in [0.1, 0.15) is 12.1 Å². The van der Waals surface area contributed by atoms with Crippen molar-refractivity contribution in [3.05, 3.63) is 35.9 Å². The summed E-state index contributed by atoms with van der Waals surface area (Å²) in [5.74, 6) is 0.0814. The van der Waals surface area contributed by atoms with E-state index in [1.54, 1.807) is 0 Å². The van der Waals surface area contributed by atoms with Crippen LogP contribution in [0.1, 0.15) is 24.3 Å². The zero-order chi connectivity index (χ0) is 13.1. The molecule has 3 atom stereocenters. The minimum atomic E-state index is -0.219. The van der Waals surface area contributed by atoms with Crippen molar-refractivity contribution in [2.24, 2.45) is 0 Å². The Kier molecular flexibility index (Phi) is 3.80. The number of hydrogen-bond acceptors (Lipinski definition) is 4. The molecule has 1 aromatic carbocycles. The Hall–Kier alpha value is -1.39. The average molecular weight is 261 g/mol. The molecule has 0 saturated carbocycles. The normalized spacial score (nSPS) is 30.4. The Bertz CT molecular complexity index is 428. The maximum atomic E-state index is 12.2. The number of carbonyl (C=O) groups excluding carboxylic acids is 1. The molecule has 0 aliphatic carbocycles. The van der Waals surface area contributed by atoms with Crippen molar-refractivity contribution in [1.82, 2.24) is 5.32 Å². The van der Waals surface area contributed by atoms with Gasteiger partial charge in [0.25, 0.3) is 0 Å². The second-order valence-corrected chi connectivity index (χ2v) is 5.16. The van der Waals surface area contributed by atoms with Gasteiger partial charge in [0.2, 0.25) is 0 Å². The summed E-state index contributed by atoms with van der Waals surface area (Å²) in [6.07, 6.45) is 1.73. The molecule has 0 amide bonds. The van der Waals surface area contributed by atoms with E-state index in [4.69, 9.17) is 9.47 Å². The predicted octanol–water partition coefficient (Wildman–Crippen LogP) is 1.46. The van der Waals surface area contributed by atoms with Gasteiger partial charge in [-0.25, -0.2) is 0 Å². The second-order valence-electron chi connectivity index (χ2n) is 5.16. The number of rotatable bonds is 3. The van der Waals surface area contributed by atoms with Crippen LogP contribution in [0, 0.1) is 0 Å². The van der Waals surface area contributed by atoms with Crippen molar-refractivity contribution in [2.75, 3.05) is 19.8 Å². The summed E-state index contributed by atoms with van der Waals surface area (Å²) in [5.41, 5.74) is 1.21. The van der Waals surface area contributed by atoms with Crippen LogP contribution in [-0.2, 0) is 14.3 Å². The smallest absolute Gasteiger partial charge is 0.324 e. The number of benzene rings is 1. The van der Waals surface area contributed by atoms with E-state index in [-0.39, 0.29) is 24.0 Å². The van der Waals surface area contributed by atoms with Crippen LogP contribution < -0.4 is 5.32 Å². The lowest BCUT2D eigenvalue weighted by Crippen LogP contribution is -2.38. The molecular formula is C15H19NO3. The number of ether oxygens (including phenoxy) is 2. The van der Waals surface area contributed by atoms with Crippen LogP contribution in [0.25, 0.3) is 0 Å². The molecule has 1 unspecified atom stereocenters. The molecule has 1 N–H and O–H groups in total. The van der Waals surface area contributed by atoms with Crippen molar-refractivity contribution < 1.29 is 14.3 Å². The molecular weight excluding hydrogens is 242 g/mol. The molecule has 2 saturated heterocycles. The van der Waals surface area contributed by atoms with E-state index in [1.807, 2.05) is 18.2 Å². The number of esters is 1. The summed E-state index contributed by atoms with van der Waals surface area (Å²) in [7, 11) is 0. The van der Waals surface area contributed by atoms with E-state index >= 15 is 0 Å². The van der Waals surface area contributed by atoms with Gasteiger partial charge in [0.15, 0.2) is 0 Å². The Morgan fingerprint density at radius 2 is 2.11 bits per heavy atom. The van der Waals surface area contributed by atoms with E-state index in [9.17, 15) is 4.79 Å². The first-order chi connectivity index (χ1) is 9.34. The van der Waals surface area contributed by atoms with E-state index in [0.29, 0.717) is 13.2 Å². The van der Waals surface area contributed by atoms with Crippen molar-refractivity contribution in [3.8, 4) is 0 Å².